The van der Waals surface area contributed by atoms with E-state index in [1.54, 1.807) is 50.9 Å². The molecule has 0 spiro atoms. The van der Waals surface area contributed by atoms with Gasteiger partial charge in [0.15, 0.2) is 0 Å². The van der Waals surface area contributed by atoms with E-state index in [9.17, 15) is 19.4 Å². The number of hydrogen-bond acceptors (Lipinski definition) is 7. The minimum atomic E-state index is -0.538. The highest BCUT2D eigenvalue weighted by molar-refractivity contribution is 6.32. The van der Waals surface area contributed by atoms with Crippen molar-refractivity contribution in [3.63, 3.8) is 0 Å². The van der Waals surface area contributed by atoms with Crippen LogP contribution >= 0.6 is 11.6 Å². The summed E-state index contributed by atoms with van der Waals surface area (Å²) in [6.45, 7) is 6.93. The van der Waals surface area contributed by atoms with Gasteiger partial charge in [0.25, 0.3) is 0 Å². The van der Waals surface area contributed by atoms with Crippen molar-refractivity contribution in [2.24, 2.45) is 7.05 Å². The summed E-state index contributed by atoms with van der Waals surface area (Å²) in [4.78, 5) is 21.2. The third kappa shape index (κ3) is 5.42. The molecule has 11 heteroatoms. The van der Waals surface area contributed by atoms with Crippen LogP contribution in [-0.4, -0.2) is 74.7 Å². The van der Waals surface area contributed by atoms with Gasteiger partial charge in [0, 0.05) is 74.0 Å². The number of ether oxygens (including phenoxy) is 1. The zero-order chi connectivity index (χ0) is 29.5. The molecule has 0 unspecified atom stereocenters. The lowest BCUT2D eigenvalue weighted by atomic mass is 9.97. The van der Waals surface area contributed by atoms with Crippen molar-refractivity contribution in [2.75, 3.05) is 44.8 Å². The fraction of sp³-hybridized carbons (Fsp3) is 0.333. The molecule has 1 fully saturated rings. The van der Waals surface area contributed by atoms with Crippen molar-refractivity contribution in [1.82, 2.24) is 19.0 Å². The summed E-state index contributed by atoms with van der Waals surface area (Å²) >= 11 is 6.54. The number of imidazole rings is 1. The van der Waals surface area contributed by atoms with E-state index in [0.717, 1.165) is 18.8 Å². The minimum Gasteiger partial charge on any atom is -0.507 e. The lowest BCUT2D eigenvalue weighted by molar-refractivity contribution is 0.0526. The lowest BCUT2D eigenvalue weighted by Gasteiger charge is -2.44. The molecule has 0 aliphatic carbocycles. The van der Waals surface area contributed by atoms with Crippen LogP contribution in [0.25, 0.3) is 27.9 Å². The third-order valence-corrected chi connectivity index (χ3v) is 8.04. The van der Waals surface area contributed by atoms with Gasteiger partial charge >= 0.3 is 5.69 Å². The van der Waals surface area contributed by atoms with Gasteiger partial charge in [-0.15, -0.1) is 0 Å². The Bertz CT molecular complexity index is 1640. The number of methoxy groups -OCH3 is 1. The molecular formula is C30H33ClFN5O4. The topological polar surface area (TPSA) is 96.0 Å². The summed E-state index contributed by atoms with van der Waals surface area (Å²) in [6, 6.07) is 9.30. The fourth-order valence-electron chi connectivity index (χ4n) is 5.18. The molecule has 2 N–H and O–H groups in total. The molecule has 1 aliphatic rings. The number of halogens is 2. The van der Waals surface area contributed by atoms with Gasteiger partial charge in [-0.05, 0) is 49.7 Å². The Kier molecular flexibility index (Phi) is 7.83. The average Bonchev–Trinajstić information content (AvgIpc) is 3.31. The molecule has 0 radical (unpaired) electrons. The molecule has 4 aromatic rings. The summed E-state index contributed by atoms with van der Waals surface area (Å²) in [6.07, 6.45) is 4.79. The molecule has 0 amide bonds. The largest absolute Gasteiger partial charge is 0.507 e. The van der Waals surface area contributed by atoms with Gasteiger partial charge in [0.1, 0.15) is 17.3 Å². The van der Waals surface area contributed by atoms with E-state index in [1.165, 1.54) is 21.3 Å². The second-order valence-electron chi connectivity index (χ2n) is 10.8. The molecule has 1 aliphatic heterocycles. The van der Waals surface area contributed by atoms with Crippen LogP contribution in [0, 0.1) is 5.82 Å². The Balaban J connectivity index is 1.50. The van der Waals surface area contributed by atoms with Crippen LogP contribution in [0.3, 0.4) is 0 Å². The molecule has 3 heterocycles. The first-order valence-corrected chi connectivity index (χ1v) is 13.6. The van der Waals surface area contributed by atoms with Gasteiger partial charge < -0.3 is 24.4 Å². The van der Waals surface area contributed by atoms with E-state index in [1.807, 2.05) is 19.9 Å². The van der Waals surface area contributed by atoms with E-state index >= 15 is 0 Å². The van der Waals surface area contributed by atoms with E-state index in [0.29, 0.717) is 35.8 Å². The van der Waals surface area contributed by atoms with Crippen LogP contribution in [0.1, 0.15) is 13.8 Å². The number of hydrogen-bond donors (Lipinski definition) is 2. The predicted molar refractivity (Wildman–Crippen MR) is 158 cm³/mol. The summed E-state index contributed by atoms with van der Waals surface area (Å²) in [5.41, 5.74) is 2.18. The highest BCUT2D eigenvalue weighted by Crippen LogP contribution is 2.42. The SMILES string of the molecule is COc1ncc(-c2cc(F)cc(-c3ccc(-n4ccn(C)c4=O)c(Cl)c3)c2O)cc1N1CCN(C(C)(C)CO)CC1. The minimum absolute atomic E-state index is 0.0628. The Morgan fingerprint density at radius 2 is 1.71 bits per heavy atom. The maximum absolute atomic E-state index is 15.0. The monoisotopic (exact) mass is 581 g/mol. The Labute approximate surface area is 242 Å². The first-order valence-electron chi connectivity index (χ1n) is 13.3. The van der Waals surface area contributed by atoms with E-state index < -0.39 is 5.82 Å². The third-order valence-electron chi connectivity index (χ3n) is 7.74. The number of nitrogens with zero attached hydrogens (tertiary/aromatic N) is 5. The van der Waals surface area contributed by atoms with E-state index in [2.05, 4.69) is 14.8 Å². The molecule has 0 bridgehead atoms. The molecule has 0 atom stereocenters. The van der Waals surface area contributed by atoms with Gasteiger partial charge in [-0.1, -0.05) is 17.7 Å². The zero-order valence-corrected chi connectivity index (χ0v) is 24.2. The number of anilines is 1. The van der Waals surface area contributed by atoms with Crippen LogP contribution in [0.15, 0.2) is 59.8 Å². The number of aliphatic hydroxyl groups excluding tert-OH is 1. The highest BCUT2D eigenvalue weighted by atomic mass is 35.5. The van der Waals surface area contributed by atoms with Crippen LogP contribution < -0.4 is 15.3 Å². The van der Waals surface area contributed by atoms with Crippen LogP contribution in [-0.2, 0) is 7.05 Å². The fourth-order valence-corrected chi connectivity index (χ4v) is 5.45. The molecule has 2 aromatic carbocycles. The standard InChI is InChI=1S/C30H33ClFN5O4/c1-30(2,18-38)36-10-8-35(9-11-36)26-14-20(17-33-28(26)41-4)23-16-21(32)15-22(27(23)39)19-5-6-25(24(31)13-19)37-12-7-34(3)29(37)40/h5-7,12-17,38-39H,8-11,18H2,1-4H3. The molecule has 5 rings (SSSR count). The second-order valence-corrected chi connectivity index (χ2v) is 11.2. The van der Waals surface area contributed by atoms with Crippen molar-refractivity contribution in [2.45, 2.75) is 19.4 Å². The van der Waals surface area contributed by atoms with Crippen molar-refractivity contribution < 1.29 is 19.3 Å². The van der Waals surface area contributed by atoms with Gasteiger partial charge in [0.2, 0.25) is 5.88 Å². The maximum Gasteiger partial charge on any atom is 0.332 e. The summed E-state index contributed by atoms with van der Waals surface area (Å²) < 4.78 is 23.4. The summed E-state index contributed by atoms with van der Waals surface area (Å²) in [5, 5.41) is 21.4. The molecule has 0 saturated carbocycles. The van der Waals surface area contributed by atoms with E-state index in [-0.39, 0.29) is 39.7 Å². The number of aromatic hydroxyl groups is 1. The zero-order valence-electron chi connectivity index (χ0n) is 23.4. The van der Waals surface area contributed by atoms with Crippen molar-refractivity contribution in [3.05, 3.63) is 76.3 Å². The Hall–Kier alpha value is -3.86. The molecule has 2 aromatic heterocycles. The summed E-state index contributed by atoms with van der Waals surface area (Å²) in [5.74, 6) is -0.234. The number of benzene rings is 2. The number of phenolic OH excluding ortho intramolecular Hbond substituents is 1. The van der Waals surface area contributed by atoms with Gasteiger partial charge in [-0.3, -0.25) is 9.47 Å². The number of pyridine rings is 1. The van der Waals surface area contributed by atoms with Crippen molar-refractivity contribution in [3.8, 4) is 39.6 Å². The quantitative estimate of drug-likeness (QED) is 0.336. The first-order chi connectivity index (χ1) is 19.5. The van der Waals surface area contributed by atoms with Crippen LogP contribution in [0.5, 0.6) is 11.6 Å². The molecule has 41 heavy (non-hydrogen) atoms. The first kappa shape index (κ1) is 28.7. The van der Waals surface area contributed by atoms with Crippen LogP contribution in [0.4, 0.5) is 10.1 Å². The average molecular weight is 582 g/mol. The van der Waals surface area contributed by atoms with Gasteiger partial charge in [-0.2, -0.15) is 0 Å². The van der Waals surface area contributed by atoms with Crippen molar-refractivity contribution >= 4 is 17.3 Å². The van der Waals surface area contributed by atoms with Gasteiger partial charge in [-0.25, -0.2) is 14.2 Å². The number of rotatable bonds is 7. The highest BCUT2D eigenvalue weighted by Gasteiger charge is 2.30. The Morgan fingerprint density at radius 1 is 1.02 bits per heavy atom. The number of phenols is 1. The van der Waals surface area contributed by atoms with E-state index in [4.69, 9.17) is 16.3 Å². The number of aliphatic hydroxyl groups is 1. The van der Waals surface area contributed by atoms with Crippen LogP contribution in [0.2, 0.25) is 5.02 Å². The molecular weight excluding hydrogens is 549 g/mol. The maximum atomic E-state index is 15.0. The number of piperazine rings is 1. The lowest BCUT2D eigenvalue weighted by Crippen LogP contribution is -2.56. The number of aryl methyl sites for hydroxylation is 1. The molecule has 216 valence electrons. The summed E-state index contributed by atoms with van der Waals surface area (Å²) in [7, 11) is 3.19. The molecule has 9 nitrogen and oxygen atoms in total. The normalized spacial score (nSPS) is 14.5. The predicted octanol–water partition coefficient (Wildman–Crippen LogP) is 4.30. The Morgan fingerprint density at radius 3 is 2.29 bits per heavy atom. The van der Waals surface area contributed by atoms with Gasteiger partial charge in [0.05, 0.1) is 24.4 Å². The van der Waals surface area contributed by atoms with Crippen molar-refractivity contribution in [1.29, 1.82) is 0 Å². The number of aromatic nitrogens is 3. The molecule has 1 saturated heterocycles. The second kappa shape index (κ2) is 11.2. The smallest absolute Gasteiger partial charge is 0.332 e.